The number of methoxy groups -OCH3 is 1. The molecule has 1 heterocycles. The van der Waals surface area contributed by atoms with Gasteiger partial charge < -0.3 is 14.7 Å². The molecule has 7 heteroatoms. The number of carbonyl (C=O) groups excluding carboxylic acids is 1. The van der Waals surface area contributed by atoms with Gasteiger partial charge in [0.1, 0.15) is 6.54 Å². The van der Waals surface area contributed by atoms with Gasteiger partial charge in [0.2, 0.25) is 5.91 Å². The van der Waals surface area contributed by atoms with Gasteiger partial charge in [0.15, 0.2) is 0 Å². The van der Waals surface area contributed by atoms with Gasteiger partial charge in [0.05, 0.1) is 13.0 Å². The lowest BCUT2D eigenvalue weighted by molar-refractivity contribution is -0.144. The molecule has 0 fully saturated rings. The number of carbonyl (C=O) groups is 2. The van der Waals surface area contributed by atoms with Crippen LogP contribution in [0, 0.1) is 0 Å². The monoisotopic (exact) mass is 341 g/mol. The lowest BCUT2D eigenvalue weighted by atomic mass is 10.1. The van der Waals surface area contributed by atoms with Crippen molar-refractivity contribution in [3.05, 3.63) is 34.2 Å². The highest BCUT2D eigenvalue weighted by molar-refractivity contribution is 7.17. The van der Waals surface area contributed by atoms with Gasteiger partial charge in [0, 0.05) is 23.4 Å². The highest BCUT2D eigenvalue weighted by Gasteiger charge is 2.18. The summed E-state index contributed by atoms with van der Waals surface area (Å²) >= 11 is 7.54. The number of hydrogen-bond acceptors (Lipinski definition) is 4. The molecule has 2 aromatic rings. The molecule has 0 saturated heterocycles. The first kappa shape index (κ1) is 16.7. The number of fused-ring (bicyclic) bond motifs is 1. The van der Waals surface area contributed by atoms with Crippen LogP contribution in [0.1, 0.15) is 5.56 Å². The molecule has 1 amide bonds. The fraction of sp³-hybridized carbons (Fsp3) is 0.333. The first-order valence-electron chi connectivity index (χ1n) is 6.65. The molecule has 0 saturated carbocycles. The predicted octanol–water partition coefficient (Wildman–Crippen LogP) is 2.66. The van der Waals surface area contributed by atoms with E-state index in [-0.39, 0.29) is 25.4 Å². The van der Waals surface area contributed by atoms with E-state index in [1.54, 1.807) is 6.07 Å². The smallest absolute Gasteiger partial charge is 0.323 e. The quantitative estimate of drug-likeness (QED) is 0.840. The van der Waals surface area contributed by atoms with Gasteiger partial charge in [-0.25, -0.2) is 0 Å². The number of aliphatic carboxylic acids is 1. The van der Waals surface area contributed by atoms with Crippen LogP contribution in [0.4, 0.5) is 0 Å². The number of amides is 1. The Kier molecular flexibility index (Phi) is 5.76. The number of thiophene rings is 1. The van der Waals surface area contributed by atoms with E-state index in [0.29, 0.717) is 11.6 Å². The second-order valence-corrected chi connectivity index (χ2v) is 6.13. The fourth-order valence-corrected chi connectivity index (χ4v) is 3.24. The largest absolute Gasteiger partial charge is 0.480 e. The maximum Gasteiger partial charge on any atom is 0.323 e. The number of ether oxygens (including phenoxy) is 1. The molecule has 0 unspecified atom stereocenters. The van der Waals surface area contributed by atoms with Crippen molar-refractivity contribution in [3.8, 4) is 0 Å². The Morgan fingerprint density at radius 2 is 2.18 bits per heavy atom. The Morgan fingerprint density at radius 1 is 1.41 bits per heavy atom. The lowest BCUT2D eigenvalue weighted by Gasteiger charge is -2.20. The minimum absolute atomic E-state index is 0.150. The molecule has 0 aliphatic carbocycles. The van der Waals surface area contributed by atoms with E-state index in [9.17, 15) is 9.59 Å². The maximum atomic E-state index is 12.4. The highest BCUT2D eigenvalue weighted by Crippen LogP contribution is 2.29. The third kappa shape index (κ3) is 4.19. The van der Waals surface area contributed by atoms with E-state index in [4.69, 9.17) is 21.4 Å². The summed E-state index contributed by atoms with van der Waals surface area (Å²) in [5.74, 6) is -1.28. The molecule has 0 bridgehead atoms. The number of benzene rings is 1. The molecule has 0 aliphatic heterocycles. The van der Waals surface area contributed by atoms with Crippen LogP contribution in [-0.2, 0) is 20.7 Å². The molecule has 1 N–H and O–H groups in total. The van der Waals surface area contributed by atoms with E-state index in [1.165, 1.54) is 23.3 Å². The van der Waals surface area contributed by atoms with Crippen LogP contribution in [0.5, 0.6) is 0 Å². The molecule has 1 aromatic heterocycles. The molecule has 2 rings (SSSR count). The van der Waals surface area contributed by atoms with Gasteiger partial charge in [-0.15, -0.1) is 11.3 Å². The summed E-state index contributed by atoms with van der Waals surface area (Å²) < 4.78 is 5.97. The van der Waals surface area contributed by atoms with Crippen LogP contribution < -0.4 is 0 Å². The summed E-state index contributed by atoms with van der Waals surface area (Å²) in [6.07, 6.45) is 0.150. The summed E-state index contributed by atoms with van der Waals surface area (Å²) in [6.45, 7) is 0.227. The van der Waals surface area contributed by atoms with Crippen LogP contribution >= 0.6 is 22.9 Å². The van der Waals surface area contributed by atoms with Crippen LogP contribution in [0.15, 0.2) is 23.6 Å². The van der Waals surface area contributed by atoms with E-state index in [2.05, 4.69) is 0 Å². The lowest BCUT2D eigenvalue weighted by Crippen LogP contribution is -2.38. The molecule has 118 valence electrons. The Morgan fingerprint density at radius 3 is 2.86 bits per heavy atom. The van der Waals surface area contributed by atoms with Crippen molar-refractivity contribution in [2.24, 2.45) is 0 Å². The van der Waals surface area contributed by atoms with E-state index in [1.807, 2.05) is 17.5 Å². The van der Waals surface area contributed by atoms with Crippen LogP contribution in [0.3, 0.4) is 0 Å². The van der Waals surface area contributed by atoms with Crippen molar-refractivity contribution in [3.63, 3.8) is 0 Å². The molecule has 0 spiro atoms. The molecule has 5 nitrogen and oxygen atoms in total. The molecule has 0 aliphatic rings. The van der Waals surface area contributed by atoms with Gasteiger partial charge in [-0.3, -0.25) is 9.59 Å². The van der Waals surface area contributed by atoms with Crippen LogP contribution in [0.2, 0.25) is 5.02 Å². The molecule has 22 heavy (non-hydrogen) atoms. The van der Waals surface area contributed by atoms with E-state index < -0.39 is 5.97 Å². The van der Waals surface area contributed by atoms with Crippen molar-refractivity contribution < 1.29 is 19.4 Å². The zero-order valence-electron chi connectivity index (χ0n) is 12.0. The minimum atomic E-state index is -1.04. The van der Waals surface area contributed by atoms with E-state index >= 15 is 0 Å². The fourth-order valence-electron chi connectivity index (χ4n) is 2.12. The Balaban J connectivity index is 2.16. The molecule has 0 radical (unpaired) electrons. The molecule has 1 aromatic carbocycles. The SMILES string of the molecule is COCCN(CC(=O)O)C(=O)Cc1csc2ccc(Cl)cc12. The highest BCUT2D eigenvalue weighted by atomic mass is 35.5. The van der Waals surface area contributed by atoms with E-state index in [0.717, 1.165) is 15.6 Å². The van der Waals surface area contributed by atoms with Crippen molar-refractivity contribution in [1.82, 2.24) is 4.90 Å². The first-order chi connectivity index (χ1) is 10.5. The molecular formula is C15H16ClNO4S. The number of carboxylic acid groups (broad SMARTS) is 1. The summed E-state index contributed by atoms with van der Waals surface area (Å²) in [5.41, 5.74) is 0.861. The molecule has 0 atom stereocenters. The summed E-state index contributed by atoms with van der Waals surface area (Å²) in [6, 6.07) is 5.55. The van der Waals surface area contributed by atoms with Crippen molar-refractivity contribution in [2.45, 2.75) is 6.42 Å². The second kappa shape index (κ2) is 7.58. The summed E-state index contributed by atoms with van der Waals surface area (Å²) in [5, 5.41) is 12.4. The van der Waals surface area contributed by atoms with Crippen molar-refractivity contribution in [2.75, 3.05) is 26.8 Å². The predicted molar refractivity (Wildman–Crippen MR) is 86.6 cm³/mol. The summed E-state index contributed by atoms with van der Waals surface area (Å²) in [4.78, 5) is 24.5. The Hall–Kier alpha value is -1.63. The number of hydrogen-bond donors (Lipinski definition) is 1. The third-order valence-electron chi connectivity index (χ3n) is 3.20. The molecular weight excluding hydrogens is 326 g/mol. The maximum absolute atomic E-state index is 12.4. The first-order valence-corrected chi connectivity index (χ1v) is 7.91. The Bertz CT molecular complexity index is 685. The number of carboxylic acids is 1. The van der Waals surface area contributed by atoms with Crippen LogP contribution in [-0.4, -0.2) is 48.7 Å². The average molecular weight is 342 g/mol. The van der Waals surface area contributed by atoms with Crippen molar-refractivity contribution in [1.29, 1.82) is 0 Å². The van der Waals surface area contributed by atoms with Gasteiger partial charge >= 0.3 is 5.97 Å². The van der Waals surface area contributed by atoms with Crippen molar-refractivity contribution >= 4 is 44.9 Å². The summed E-state index contributed by atoms with van der Waals surface area (Å²) in [7, 11) is 1.51. The zero-order chi connectivity index (χ0) is 16.1. The number of halogens is 1. The number of rotatable bonds is 7. The standard InChI is InChI=1S/C15H16ClNO4S/c1-21-5-4-17(8-15(19)20)14(18)6-10-9-22-13-3-2-11(16)7-12(10)13/h2-3,7,9H,4-6,8H2,1H3,(H,19,20). The number of nitrogens with zero attached hydrogens (tertiary/aromatic N) is 1. The topological polar surface area (TPSA) is 66.8 Å². The third-order valence-corrected chi connectivity index (χ3v) is 4.45. The minimum Gasteiger partial charge on any atom is -0.480 e. The van der Waals surface area contributed by atoms with Crippen LogP contribution in [0.25, 0.3) is 10.1 Å². The van der Waals surface area contributed by atoms with Gasteiger partial charge in [-0.2, -0.15) is 0 Å². The van der Waals surface area contributed by atoms with Gasteiger partial charge in [-0.05, 0) is 34.5 Å². The zero-order valence-corrected chi connectivity index (χ0v) is 13.6. The second-order valence-electron chi connectivity index (χ2n) is 4.78. The van der Waals surface area contributed by atoms with Gasteiger partial charge in [-0.1, -0.05) is 11.6 Å². The Labute approximate surface area is 137 Å². The average Bonchev–Trinajstić information content (AvgIpc) is 2.85. The van der Waals surface area contributed by atoms with Gasteiger partial charge in [0.25, 0.3) is 0 Å². The normalized spacial score (nSPS) is 10.8.